The van der Waals surface area contributed by atoms with Crippen LogP contribution >= 0.6 is 0 Å². The average Bonchev–Trinajstić information content (AvgIpc) is 2.88. The summed E-state index contributed by atoms with van der Waals surface area (Å²) in [5.41, 5.74) is 0.935. The normalized spacial score (nSPS) is 12.1. The van der Waals surface area contributed by atoms with Gasteiger partial charge in [-0.15, -0.1) is 0 Å². The summed E-state index contributed by atoms with van der Waals surface area (Å²) in [7, 11) is 1.28. The Labute approximate surface area is 214 Å². The van der Waals surface area contributed by atoms with E-state index in [4.69, 9.17) is 4.74 Å². The van der Waals surface area contributed by atoms with Crippen LogP contribution in [0.1, 0.15) is 59.3 Å². The van der Waals surface area contributed by atoms with Crippen LogP contribution in [0.5, 0.6) is 5.75 Å². The third kappa shape index (κ3) is 7.12. The maximum Gasteiger partial charge on any atom is 0.417 e. The number of esters is 1. The van der Waals surface area contributed by atoms with Gasteiger partial charge in [-0.05, 0) is 59.9 Å². The highest BCUT2D eigenvalue weighted by Gasteiger charge is 2.37. The molecule has 0 heterocycles. The summed E-state index contributed by atoms with van der Waals surface area (Å²) in [6, 6.07) is 18.1. The zero-order valence-corrected chi connectivity index (χ0v) is 21.0. The van der Waals surface area contributed by atoms with Gasteiger partial charge in [0.05, 0.1) is 19.1 Å². The minimum Gasteiger partial charge on any atom is -0.486 e. The second-order valence-corrected chi connectivity index (χ2v) is 8.57. The van der Waals surface area contributed by atoms with E-state index in [0.717, 1.165) is 0 Å². The maximum atomic E-state index is 14.2. The Hall–Kier alpha value is -3.81. The van der Waals surface area contributed by atoms with Crippen LogP contribution in [0.2, 0.25) is 0 Å². The molecule has 37 heavy (non-hydrogen) atoms. The molecule has 3 aromatic rings. The lowest BCUT2D eigenvalue weighted by Crippen LogP contribution is -2.26. The lowest BCUT2D eigenvalue weighted by Gasteiger charge is -2.25. The number of hydrogen-bond donors (Lipinski definition) is 1. The number of nitrogens with one attached hydrogen (secondary N) is 1. The number of methoxy groups -OCH3 is 1. The van der Waals surface area contributed by atoms with Crippen molar-refractivity contribution in [3.05, 3.63) is 89.0 Å². The molecule has 0 radical (unpaired) electrons. The highest BCUT2D eigenvalue weighted by Crippen LogP contribution is 2.42. The van der Waals surface area contributed by atoms with Gasteiger partial charge >= 0.3 is 12.1 Å². The Morgan fingerprint density at radius 3 is 2.24 bits per heavy atom. The molecule has 0 fully saturated rings. The Bertz CT molecular complexity index is 1210. The first-order valence-corrected chi connectivity index (χ1v) is 12.0. The number of rotatable bonds is 10. The second kappa shape index (κ2) is 12.4. The molecule has 0 aliphatic heterocycles. The molecule has 8 heteroatoms. The van der Waals surface area contributed by atoms with E-state index in [1.807, 2.05) is 6.92 Å². The molecule has 196 valence electrons. The van der Waals surface area contributed by atoms with Gasteiger partial charge in [0, 0.05) is 12.1 Å². The van der Waals surface area contributed by atoms with Gasteiger partial charge in [0.15, 0.2) is 0 Å². The number of amides is 1. The highest BCUT2D eigenvalue weighted by atomic mass is 19.4. The van der Waals surface area contributed by atoms with Gasteiger partial charge in [-0.1, -0.05) is 55.8 Å². The molecular formula is C29H30F3NO4. The molecule has 5 nitrogen and oxygen atoms in total. The molecular weight excluding hydrogens is 483 g/mol. The fraction of sp³-hybridized carbons (Fsp3) is 0.310. The van der Waals surface area contributed by atoms with Gasteiger partial charge in [-0.25, -0.2) is 0 Å². The van der Waals surface area contributed by atoms with Crippen LogP contribution in [0.15, 0.2) is 66.7 Å². The predicted molar refractivity (Wildman–Crippen MR) is 135 cm³/mol. The Balaban J connectivity index is 1.85. The number of hydrogen-bond acceptors (Lipinski definition) is 4. The van der Waals surface area contributed by atoms with E-state index in [2.05, 4.69) is 10.1 Å². The fourth-order valence-corrected chi connectivity index (χ4v) is 4.17. The van der Waals surface area contributed by atoms with Crippen molar-refractivity contribution >= 4 is 11.9 Å². The molecule has 0 aliphatic carbocycles. The first-order valence-electron chi connectivity index (χ1n) is 12.0. The first-order chi connectivity index (χ1) is 17.7. The van der Waals surface area contributed by atoms with Gasteiger partial charge in [0.25, 0.3) is 5.91 Å². The van der Waals surface area contributed by atoms with Crippen LogP contribution in [0.3, 0.4) is 0 Å². The molecule has 0 aliphatic rings. The molecule has 1 atom stereocenters. The molecule has 1 unspecified atom stereocenters. The quantitative estimate of drug-likeness (QED) is 0.300. The third-order valence-electron chi connectivity index (χ3n) is 6.01. The topological polar surface area (TPSA) is 64.6 Å². The van der Waals surface area contributed by atoms with E-state index in [0.29, 0.717) is 35.3 Å². The molecule has 0 saturated carbocycles. The number of halogens is 3. The average molecular weight is 514 g/mol. The number of carbonyl (C=O) groups is 2. The largest absolute Gasteiger partial charge is 0.486 e. The van der Waals surface area contributed by atoms with E-state index < -0.39 is 23.8 Å². The summed E-state index contributed by atoms with van der Waals surface area (Å²) in [6.07, 6.45) is -3.86. The van der Waals surface area contributed by atoms with E-state index in [1.54, 1.807) is 60.7 Å². The van der Waals surface area contributed by atoms with E-state index in [9.17, 15) is 22.8 Å². The van der Waals surface area contributed by atoms with Crippen molar-refractivity contribution in [2.45, 2.75) is 45.4 Å². The van der Waals surface area contributed by atoms with Crippen molar-refractivity contribution in [3.63, 3.8) is 0 Å². The van der Waals surface area contributed by atoms with Crippen molar-refractivity contribution in [2.24, 2.45) is 0 Å². The van der Waals surface area contributed by atoms with Gasteiger partial charge in [0.2, 0.25) is 0 Å². The summed E-state index contributed by atoms with van der Waals surface area (Å²) < 4.78 is 53.3. The van der Waals surface area contributed by atoms with Crippen LogP contribution in [-0.2, 0) is 15.7 Å². The van der Waals surface area contributed by atoms with E-state index in [-0.39, 0.29) is 30.0 Å². The molecule has 3 rings (SSSR count). The van der Waals surface area contributed by atoms with Crippen molar-refractivity contribution in [2.75, 3.05) is 13.7 Å². The number of alkyl halides is 3. The molecule has 3 aromatic carbocycles. The lowest BCUT2D eigenvalue weighted by molar-refractivity contribution is -0.140. The Morgan fingerprint density at radius 2 is 1.65 bits per heavy atom. The van der Waals surface area contributed by atoms with Gasteiger partial charge in [-0.2, -0.15) is 13.2 Å². The van der Waals surface area contributed by atoms with Crippen molar-refractivity contribution in [1.29, 1.82) is 0 Å². The molecule has 0 spiro atoms. The number of benzene rings is 3. The van der Waals surface area contributed by atoms with Crippen molar-refractivity contribution in [1.82, 2.24) is 5.32 Å². The fourth-order valence-electron chi connectivity index (χ4n) is 4.17. The summed E-state index contributed by atoms with van der Waals surface area (Å²) in [5, 5.41) is 2.63. The molecule has 0 aromatic heterocycles. The van der Waals surface area contributed by atoms with E-state index >= 15 is 0 Å². The minimum absolute atomic E-state index is 0.0600. The Morgan fingerprint density at radius 1 is 0.973 bits per heavy atom. The first kappa shape index (κ1) is 27.8. The van der Waals surface area contributed by atoms with Gasteiger partial charge in [0.1, 0.15) is 11.9 Å². The molecule has 0 saturated heterocycles. The summed E-state index contributed by atoms with van der Waals surface area (Å²) in [4.78, 5) is 23.5. The van der Waals surface area contributed by atoms with Gasteiger partial charge in [-0.3, -0.25) is 9.59 Å². The third-order valence-corrected chi connectivity index (χ3v) is 6.01. The van der Waals surface area contributed by atoms with Crippen LogP contribution in [-0.4, -0.2) is 25.5 Å². The highest BCUT2D eigenvalue weighted by molar-refractivity contribution is 5.94. The second-order valence-electron chi connectivity index (χ2n) is 8.57. The van der Waals surface area contributed by atoms with Crippen molar-refractivity contribution < 1.29 is 32.2 Å². The number of ether oxygens (including phenoxy) is 2. The maximum absolute atomic E-state index is 14.2. The van der Waals surface area contributed by atoms with Crippen LogP contribution in [0, 0.1) is 6.92 Å². The summed E-state index contributed by atoms with van der Waals surface area (Å²) in [5.74, 6) is -0.348. The van der Waals surface area contributed by atoms with E-state index in [1.165, 1.54) is 20.1 Å². The zero-order valence-electron chi connectivity index (χ0n) is 21.0. The van der Waals surface area contributed by atoms with Crippen LogP contribution in [0.25, 0.3) is 11.1 Å². The molecule has 1 N–H and O–H groups in total. The zero-order chi connectivity index (χ0) is 27.0. The smallest absolute Gasteiger partial charge is 0.417 e. The van der Waals surface area contributed by atoms with Crippen LogP contribution < -0.4 is 10.1 Å². The SMILES string of the molecule is CCCC(Oc1ccc(C(=O)NCCC(=O)OC)cc1)c1ccc(-c2ccccc2)c(C(F)(F)F)c1C. The molecule has 0 bridgehead atoms. The lowest BCUT2D eigenvalue weighted by atomic mass is 9.89. The van der Waals surface area contributed by atoms with Gasteiger partial charge < -0.3 is 14.8 Å². The predicted octanol–water partition coefficient (Wildman–Crippen LogP) is 6.89. The number of carbonyl (C=O) groups excluding carboxylic acids is 2. The van der Waals surface area contributed by atoms with Crippen molar-refractivity contribution in [3.8, 4) is 16.9 Å². The Kier molecular flexibility index (Phi) is 9.33. The summed E-state index contributed by atoms with van der Waals surface area (Å²) >= 11 is 0. The van der Waals surface area contributed by atoms with Crippen LogP contribution in [0.4, 0.5) is 13.2 Å². The minimum atomic E-state index is -4.54. The summed E-state index contributed by atoms with van der Waals surface area (Å²) in [6.45, 7) is 3.57. The molecule has 1 amide bonds. The monoisotopic (exact) mass is 513 g/mol. The standard InChI is InChI=1S/C29H30F3NO4/c1-4-8-25(37-22-13-11-21(12-14-22)28(35)33-18-17-26(34)36-3)23-15-16-24(20-9-6-5-7-10-20)27(19(23)2)29(30,31)32/h5-7,9-16,25H,4,8,17-18H2,1-3H3,(H,33,35).